The maximum absolute atomic E-state index is 12.1. The largest absolute Gasteiger partial charge is 0.398 e. The van der Waals surface area contributed by atoms with E-state index in [2.05, 4.69) is 4.98 Å². The second-order valence-corrected chi connectivity index (χ2v) is 4.03. The van der Waals surface area contributed by atoms with Crippen LogP contribution in [0.1, 0.15) is 29.6 Å². The number of Topliss-reactive ketones (excluding diaryl/α,β-unsaturated/α-hetero) is 1. The standard InChI is InChI=1S/C11H15N3O/c12-9-3-1-2-7(9)11(15)8-6-14-5-4-10(8)13/h4-7,9H,1-3,12H2,(H2,13,14). The summed E-state index contributed by atoms with van der Waals surface area (Å²) in [5, 5.41) is 0. The second kappa shape index (κ2) is 3.98. The molecule has 2 rings (SSSR count). The molecule has 1 aromatic heterocycles. The van der Waals surface area contributed by atoms with Crippen LogP contribution in [0.5, 0.6) is 0 Å². The Hall–Kier alpha value is -1.42. The third kappa shape index (κ3) is 1.85. The number of hydrogen-bond acceptors (Lipinski definition) is 4. The molecule has 0 aliphatic heterocycles. The molecule has 4 heteroatoms. The molecule has 15 heavy (non-hydrogen) atoms. The van der Waals surface area contributed by atoms with E-state index in [0.717, 1.165) is 19.3 Å². The lowest BCUT2D eigenvalue weighted by atomic mass is 9.94. The maximum atomic E-state index is 12.1. The summed E-state index contributed by atoms with van der Waals surface area (Å²) in [5.41, 5.74) is 12.6. The van der Waals surface area contributed by atoms with E-state index < -0.39 is 0 Å². The minimum absolute atomic E-state index is 0.0166. The number of anilines is 1. The molecule has 0 amide bonds. The van der Waals surface area contributed by atoms with Crippen LogP contribution in [0.25, 0.3) is 0 Å². The number of pyridine rings is 1. The molecule has 1 aromatic rings. The van der Waals surface area contributed by atoms with Crippen molar-refractivity contribution in [3.63, 3.8) is 0 Å². The Morgan fingerprint density at radius 2 is 2.27 bits per heavy atom. The number of nitrogen functional groups attached to an aromatic ring is 1. The number of hydrogen-bond donors (Lipinski definition) is 2. The van der Waals surface area contributed by atoms with Gasteiger partial charge in [0.05, 0.1) is 5.56 Å². The van der Waals surface area contributed by atoms with Crippen LogP contribution in [0.15, 0.2) is 18.5 Å². The lowest BCUT2D eigenvalue weighted by Gasteiger charge is -2.14. The SMILES string of the molecule is Nc1ccncc1C(=O)C1CCCC1N. The number of aromatic nitrogens is 1. The van der Waals surface area contributed by atoms with Gasteiger partial charge in [-0.05, 0) is 18.9 Å². The zero-order chi connectivity index (χ0) is 10.8. The Labute approximate surface area is 88.7 Å². The van der Waals surface area contributed by atoms with E-state index in [-0.39, 0.29) is 17.7 Å². The van der Waals surface area contributed by atoms with Gasteiger partial charge in [-0.1, -0.05) is 6.42 Å². The first-order valence-corrected chi connectivity index (χ1v) is 5.19. The normalized spacial score (nSPS) is 25.4. The smallest absolute Gasteiger partial charge is 0.171 e. The molecule has 1 saturated carbocycles. The highest BCUT2D eigenvalue weighted by Gasteiger charge is 2.31. The van der Waals surface area contributed by atoms with Gasteiger partial charge in [0.25, 0.3) is 0 Å². The number of ketones is 1. The topological polar surface area (TPSA) is 82.0 Å². The summed E-state index contributed by atoms with van der Waals surface area (Å²) in [4.78, 5) is 16.0. The van der Waals surface area contributed by atoms with Crippen molar-refractivity contribution in [3.8, 4) is 0 Å². The molecule has 80 valence electrons. The molecule has 2 unspecified atom stereocenters. The molecular formula is C11H15N3O. The van der Waals surface area contributed by atoms with Gasteiger partial charge in [0.1, 0.15) is 0 Å². The minimum atomic E-state index is -0.0727. The molecule has 4 nitrogen and oxygen atoms in total. The fourth-order valence-electron chi connectivity index (χ4n) is 2.13. The minimum Gasteiger partial charge on any atom is -0.398 e. The van der Waals surface area contributed by atoms with Crippen molar-refractivity contribution in [2.45, 2.75) is 25.3 Å². The van der Waals surface area contributed by atoms with Gasteiger partial charge in [0.15, 0.2) is 5.78 Å². The predicted octanol–water partition coefficient (Wildman–Crippen LogP) is 0.974. The van der Waals surface area contributed by atoms with Crippen LogP contribution in [0.2, 0.25) is 0 Å². The van der Waals surface area contributed by atoms with Gasteiger partial charge < -0.3 is 11.5 Å². The summed E-state index contributed by atoms with van der Waals surface area (Å²) < 4.78 is 0. The molecule has 1 aliphatic carbocycles. The first-order chi connectivity index (χ1) is 7.20. The Morgan fingerprint density at radius 3 is 2.87 bits per heavy atom. The molecule has 0 spiro atoms. The van der Waals surface area contributed by atoms with Crippen LogP contribution in [0.3, 0.4) is 0 Å². The van der Waals surface area contributed by atoms with Gasteiger partial charge in [-0.3, -0.25) is 9.78 Å². The number of nitrogens with two attached hydrogens (primary N) is 2. The highest BCUT2D eigenvalue weighted by molar-refractivity contribution is 6.02. The molecule has 2 atom stereocenters. The van der Waals surface area contributed by atoms with E-state index in [1.807, 2.05) is 0 Å². The highest BCUT2D eigenvalue weighted by Crippen LogP contribution is 2.28. The van der Waals surface area contributed by atoms with Crippen LogP contribution in [0, 0.1) is 5.92 Å². The van der Waals surface area contributed by atoms with Crippen LogP contribution in [-0.4, -0.2) is 16.8 Å². The van der Waals surface area contributed by atoms with E-state index in [1.54, 1.807) is 12.3 Å². The molecule has 0 aromatic carbocycles. The summed E-state index contributed by atoms with van der Waals surface area (Å²) in [6.45, 7) is 0. The van der Waals surface area contributed by atoms with Crippen LogP contribution in [0.4, 0.5) is 5.69 Å². The van der Waals surface area contributed by atoms with Crippen molar-refractivity contribution in [1.29, 1.82) is 0 Å². The average Bonchev–Trinajstić information content (AvgIpc) is 2.64. The van der Waals surface area contributed by atoms with Crippen molar-refractivity contribution >= 4 is 11.5 Å². The number of carbonyl (C=O) groups is 1. The van der Waals surface area contributed by atoms with Crippen molar-refractivity contribution in [2.75, 3.05) is 5.73 Å². The van der Waals surface area contributed by atoms with Crippen molar-refractivity contribution in [3.05, 3.63) is 24.0 Å². The van der Waals surface area contributed by atoms with Gasteiger partial charge in [0, 0.05) is 30.0 Å². The molecule has 1 fully saturated rings. The summed E-state index contributed by atoms with van der Waals surface area (Å²) in [7, 11) is 0. The average molecular weight is 205 g/mol. The Morgan fingerprint density at radius 1 is 1.47 bits per heavy atom. The molecule has 0 saturated heterocycles. The number of nitrogens with zero attached hydrogens (tertiary/aromatic N) is 1. The lowest BCUT2D eigenvalue weighted by Crippen LogP contribution is -2.31. The second-order valence-electron chi connectivity index (χ2n) is 4.03. The van der Waals surface area contributed by atoms with Gasteiger partial charge >= 0.3 is 0 Å². The molecular weight excluding hydrogens is 190 g/mol. The predicted molar refractivity (Wildman–Crippen MR) is 58.3 cm³/mol. The van der Waals surface area contributed by atoms with Crippen LogP contribution < -0.4 is 11.5 Å². The zero-order valence-corrected chi connectivity index (χ0v) is 8.52. The van der Waals surface area contributed by atoms with E-state index in [4.69, 9.17) is 11.5 Å². The van der Waals surface area contributed by atoms with Gasteiger partial charge in [0.2, 0.25) is 0 Å². The van der Waals surface area contributed by atoms with E-state index in [0.29, 0.717) is 11.3 Å². The lowest BCUT2D eigenvalue weighted by molar-refractivity contribution is 0.0914. The molecule has 0 bridgehead atoms. The van der Waals surface area contributed by atoms with Crippen molar-refractivity contribution in [2.24, 2.45) is 11.7 Å². The van der Waals surface area contributed by atoms with E-state index >= 15 is 0 Å². The summed E-state index contributed by atoms with van der Waals surface area (Å²) in [6.07, 6.45) is 5.94. The fraction of sp³-hybridized carbons (Fsp3) is 0.455. The Bertz CT molecular complexity index is 378. The summed E-state index contributed by atoms with van der Waals surface area (Å²) >= 11 is 0. The summed E-state index contributed by atoms with van der Waals surface area (Å²) in [6, 6.07) is 1.63. The van der Waals surface area contributed by atoms with E-state index in [9.17, 15) is 4.79 Å². The number of carbonyl (C=O) groups excluding carboxylic acids is 1. The fourth-order valence-corrected chi connectivity index (χ4v) is 2.13. The Kier molecular flexibility index (Phi) is 2.68. The summed E-state index contributed by atoms with van der Waals surface area (Å²) in [5.74, 6) is -0.0258. The van der Waals surface area contributed by atoms with Gasteiger partial charge in [-0.2, -0.15) is 0 Å². The van der Waals surface area contributed by atoms with Crippen molar-refractivity contribution in [1.82, 2.24) is 4.98 Å². The first kappa shape index (κ1) is 10.1. The molecule has 4 N–H and O–H groups in total. The van der Waals surface area contributed by atoms with Gasteiger partial charge in [-0.25, -0.2) is 0 Å². The van der Waals surface area contributed by atoms with Crippen molar-refractivity contribution < 1.29 is 4.79 Å². The van der Waals surface area contributed by atoms with E-state index in [1.165, 1.54) is 6.20 Å². The molecule has 0 radical (unpaired) electrons. The number of rotatable bonds is 2. The quantitative estimate of drug-likeness (QED) is 0.705. The molecule has 1 heterocycles. The zero-order valence-electron chi connectivity index (χ0n) is 8.52. The third-order valence-electron chi connectivity index (χ3n) is 3.03. The van der Waals surface area contributed by atoms with Crippen LogP contribution in [-0.2, 0) is 0 Å². The van der Waals surface area contributed by atoms with Crippen LogP contribution >= 0.6 is 0 Å². The first-order valence-electron chi connectivity index (χ1n) is 5.19. The third-order valence-corrected chi connectivity index (χ3v) is 3.03. The molecule has 1 aliphatic rings. The Balaban J connectivity index is 2.24. The van der Waals surface area contributed by atoms with Gasteiger partial charge in [-0.15, -0.1) is 0 Å². The monoisotopic (exact) mass is 205 g/mol. The maximum Gasteiger partial charge on any atom is 0.171 e. The highest BCUT2D eigenvalue weighted by atomic mass is 16.1.